The van der Waals surface area contributed by atoms with Crippen LogP contribution in [0.5, 0.6) is 0 Å². The normalized spacial score (nSPS) is 12.5. The smallest absolute Gasteiger partial charge is 0.306 e. The summed E-state index contributed by atoms with van der Waals surface area (Å²) in [6.45, 7) is 4.02. The second-order valence-corrected chi connectivity index (χ2v) is 5.65. The van der Waals surface area contributed by atoms with Gasteiger partial charge in [0.15, 0.2) is 0 Å². The monoisotopic (exact) mass is 245 g/mol. The molecule has 0 bridgehead atoms. The molecule has 0 aliphatic carbocycles. The topological polar surface area (TPSA) is 39.2 Å². The van der Waals surface area contributed by atoms with Crippen molar-refractivity contribution in [1.82, 2.24) is 4.98 Å². The first kappa shape index (κ1) is 12.5. The van der Waals surface area contributed by atoms with Gasteiger partial charge < -0.3 is 4.74 Å². The van der Waals surface area contributed by atoms with E-state index in [0.717, 1.165) is 16.5 Å². The van der Waals surface area contributed by atoms with E-state index in [9.17, 15) is 4.79 Å². The highest BCUT2D eigenvalue weighted by Crippen LogP contribution is 2.22. The minimum atomic E-state index is -0.148. The van der Waals surface area contributed by atoms with Crippen LogP contribution in [0.4, 0.5) is 0 Å². The second kappa shape index (κ2) is 6.12. The number of aryl methyl sites for hydroxylation is 1. The van der Waals surface area contributed by atoms with Crippen LogP contribution in [0.1, 0.15) is 24.0 Å². The van der Waals surface area contributed by atoms with Crippen molar-refractivity contribution in [2.24, 2.45) is 0 Å². The number of thioether (sulfide) groups is 1. The van der Waals surface area contributed by atoms with Crippen molar-refractivity contribution in [3.05, 3.63) is 16.1 Å². The van der Waals surface area contributed by atoms with Gasteiger partial charge in [-0.15, -0.1) is 11.3 Å². The number of hydrogen-bond donors (Lipinski definition) is 0. The van der Waals surface area contributed by atoms with Gasteiger partial charge >= 0.3 is 5.97 Å². The van der Waals surface area contributed by atoms with E-state index in [1.165, 1.54) is 7.11 Å². The Bertz CT molecular complexity index is 325. The Hall–Kier alpha value is -0.550. The maximum atomic E-state index is 11.0. The molecule has 84 valence electrons. The average Bonchev–Trinajstić information content (AvgIpc) is 2.61. The van der Waals surface area contributed by atoms with Crippen molar-refractivity contribution in [3.8, 4) is 0 Å². The first-order chi connectivity index (χ1) is 7.11. The zero-order chi connectivity index (χ0) is 11.3. The lowest BCUT2D eigenvalue weighted by Crippen LogP contribution is -2.08. The third kappa shape index (κ3) is 4.66. The largest absolute Gasteiger partial charge is 0.469 e. The van der Waals surface area contributed by atoms with Gasteiger partial charge in [0.1, 0.15) is 5.01 Å². The van der Waals surface area contributed by atoms with Crippen molar-refractivity contribution < 1.29 is 9.53 Å². The van der Waals surface area contributed by atoms with Crippen LogP contribution in [-0.2, 0) is 15.3 Å². The molecule has 0 radical (unpaired) electrons. The molecular formula is C10H15NO2S2. The molecule has 0 aliphatic rings. The number of aromatic nitrogens is 1. The summed E-state index contributed by atoms with van der Waals surface area (Å²) in [5.74, 6) is 0.724. The lowest BCUT2D eigenvalue weighted by atomic mass is 10.3. The molecule has 0 saturated carbocycles. The molecule has 5 heteroatoms. The highest BCUT2D eigenvalue weighted by molar-refractivity contribution is 7.99. The maximum Gasteiger partial charge on any atom is 0.306 e. The zero-order valence-electron chi connectivity index (χ0n) is 9.15. The summed E-state index contributed by atoms with van der Waals surface area (Å²) in [5.41, 5.74) is 1.07. The van der Waals surface area contributed by atoms with Gasteiger partial charge in [0.05, 0.1) is 13.5 Å². The molecule has 1 unspecified atom stereocenters. The molecule has 1 heterocycles. The van der Waals surface area contributed by atoms with E-state index in [1.807, 2.05) is 19.2 Å². The highest BCUT2D eigenvalue weighted by atomic mass is 32.2. The molecule has 0 N–H and O–H groups in total. The van der Waals surface area contributed by atoms with Crippen LogP contribution in [-0.4, -0.2) is 23.3 Å². The zero-order valence-corrected chi connectivity index (χ0v) is 10.8. The molecule has 1 aromatic heterocycles. The van der Waals surface area contributed by atoms with Crippen molar-refractivity contribution in [3.63, 3.8) is 0 Å². The number of carbonyl (C=O) groups is 1. The van der Waals surface area contributed by atoms with Gasteiger partial charge in [0, 0.05) is 22.1 Å². The fourth-order valence-electron chi connectivity index (χ4n) is 1.06. The molecule has 0 fully saturated rings. The Morgan fingerprint density at radius 3 is 3.00 bits per heavy atom. The van der Waals surface area contributed by atoms with E-state index in [1.54, 1.807) is 23.1 Å². The van der Waals surface area contributed by atoms with Gasteiger partial charge in [-0.1, -0.05) is 6.92 Å². The van der Waals surface area contributed by atoms with Gasteiger partial charge in [0.25, 0.3) is 0 Å². The Morgan fingerprint density at radius 2 is 2.47 bits per heavy atom. The number of nitrogens with zero attached hydrogens (tertiary/aromatic N) is 1. The Labute approximate surface area is 98.2 Å². The maximum absolute atomic E-state index is 11.0. The quantitative estimate of drug-likeness (QED) is 0.748. The number of thiazole rings is 1. The standard InChI is InChI=1S/C10H15NO2S2/c1-7-5-15-9(11-7)6-14-8(2)4-10(12)13-3/h5,8H,4,6H2,1-3H3. The van der Waals surface area contributed by atoms with Crippen molar-refractivity contribution in [1.29, 1.82) is 0 Å². The van der Waals surface area contributed by atoms with Crippen LogP contribution in [0.2, 0.25) is 0 Å². The van der Waals surface area contributed by atoms with Crippen molar-refractivity contribution in [2.75, 3.05) is 7.11 Å². The molecule has 3 nitrogen and oxygen atoms in total. The molecule has 1 atom stereocenters. The van der Waals surface area contributed by atoms with Crippen LogP contribution < -0.4 is 0 Å². The van der Waals surface area contributed by atoms with Crippen LogP contribution in [0.15, 0.2) is 5.38 Å². The number of esters is 1. The average molecular weight is 245 g/mol. The molecule has 0 amide bonds. The Balaban J connectivity index is 2.28. The first-order valence-corrected chi connectivity index (χ1v) is 6.64. The lowest BCUT2D eigenvalue weighted by Gasteiger charge is -2.07. The molecule has 0 saturated heterocycles. The first-order valence-electron chi connectivity index (χ1n) is 4.71. The molecule has 0 aromatic carbocycles. The van der Waals surface area contributed by atoms with E-state index in [4.69, 9.17) is 0 Å². The fourth-order valence-corrected chi connectivity index (χ4v) is 2.84. The SMILES string of the molecule is COC(=O)CC(C)SCc1nc(C)cs1. The third-order valence-electron chi connectivity index (χ3n) is 1.84. The summed E-state index contributed by atoms with van der Waals surface area (Å²) in [6, 6.07) is 0. The van der Waals surface area contributed by atoms with Gasteiger partial charge in [-0.25, -0.2) is 4.98 Å². The summed E-state index contributed by atoms with van der Waals surface area (Å²) >= 11 is 3.40. The van der Waals surface area contributed by atoms with E-state index < -0.39 is 0 Å². The van der Waals surface area contributed by atoms with Crippen LogP contribution >= 0.6 is 23.1 Å². The summed E-state index contributed by atoms with van der Waals surface area (Å²) in [6.07, 6.45) is 0.464. The minimum Gasteiger partial charge on any atom is -0.469 e. The molecule has 0 spiro atoms. The van der Waals surface area contributed by atoms with E-state index in [0.29, 0.717) is 6.42 Å². The lowest BCUT2D eigenvalue weighted by molar-refractivity contribution is -0.140. The molecule has 1 aromatic rings. The predicted octanol–water partition coefficient (Wildman–Crippen LogP) is 2.64. The number of carbonyl (C=O) groups excluding carboxylic acids is 1. The minimum absolute atomic E-state index is 0.148. The van der Waals surface area contributed by atoms with Gasteiger partial charge in [-0.3, -0.25) is 4.79 Å². The third-order valence-corrected chi connectivity index (χ3v) is 4.16. The van der Waals surface area contributed by atoms with Crippen LogP contribution in [0.3, 0.4) is 0 Å². The summed E-state index contributed by atoms with van der Waals surface area (Å²) in [7, 11) is 1.42. The number of ether oxygens (including phenoxy) is 1. The molecular weight excluding hydrogens is 230 g/mol. The summed E-state index contributed by atoms with van der Waals surface area (Å²) in [4.78, 5) is 15.4. The van der Waals surface area contributed by atoms with E-state index >= 15 is 0 Å². The summed E-state index contributed by atoms with van der Waals surface area (Å²) < 4.78 is 4.61. The van der Waals surface area contributed by atoms with Crippen LogP contribution in [0.25, 0.3) is 0 Å². The van der Waals surface area contributed by atoms with Gasteiger partial charge in [-0.2, -0.15) is 11.8 Å². The van der Waals surface area contributed by atoms with E-state index in [2.05, 4.69) is 9.72 Å². The van der Waals surface area contributed by atoms with Crippen LogP contribution in [0, 0.1) is 6.92 Å². The number of rotatable bonds is 5. The molecule has 0 aliphatic heterocycles. The van der Waals surface area contributed by atoms with Gasteiger partial charge in [-0.05, 0) is 6.92 Å². The Morgan fingerprint density at radius 1 is 1.73 bits per heavy atom. The summed E-state index contributed by atoms with van der Waals surface area (Å²) in [5, 5.41) is 3.44. The fraction of sp³-hybridized carbons (Fsp3) is 0.600. The Kier molecular flexibility index (Phi) is 5.11. The van der Waals surface area contributed by atoms with E-state index in [-0.39, 0.29) is 11.2 Å². The van der Waals surface area contributed by atoms with Crippen molar-refractivity contribution >= 4 is 29.1 Å². The predicted molar refractivity (Wildman–Crippen MR) is 64.2 cm³/mol. The highest BCUT2D eigenvalue weighted by Gasteiger charge is 2.10. The number of hydrogen-bond acceptors (Lipinski definition) is 5. The molecule has 15 heavy (non-hydrogen) atoms. The van der Waals surface area contributed by atoms with Gasteiger partial charge in [0.2, 0.25) is 0 Å². The van der Waals surface area contributed by atoms with Crippen molar-refractivity contribution in [2.45, 2.75) is 31.3 Å². The number of methoxy groups -OCH3 is 1. The second-order valence-electron chi connectivity index (χ2n) is 3.28. The molecule has 1 rings (SSSR count).